The van der Waals surface area contributed by atoms with Crippen molar-refractivity contribution in [1.82, 2.24) is 5.32 Å². The Morgan fingerprint density at radius 1 is 1.45 bits per heavy atom. The molecule has 0 radical (unpaired) electrons. The first-order chi connectivity index (χ1) is 8.96. The summed E-state index contributed by atoms with van der Waals surface area (Å²) in [6, 6.07) is 0.990. The van der Waals surface area contributed by atoms with Crippen LogP contribution in [0.1, 0.15) is 27.4 Å². The number of halogens is 4. The molecular formula is C10H9ClF3NO3S2. The van der Waals surface area contributed by atoms with Crippen molar-refractivity contribution in [3.05, 3.63) is 15.8 Å². The van der Waals surface area contributed by atoms with E-state index in [-0.39, 0.29) is 27.5 Å². The quantitative estimate of drug-likeness (QED) is 0.855. The van der Waals surface area contributed by atoms with Crippen LogP contribution in [-0.2, 0) is 9.05 Å². The van der Waals surface area contributed by atoms with Crippen LogP contribution in [0.2, 0.25) is 0 Å². The largest absolute Gasteiger partial charge is 0.411 e. The van der Waals surface area contributed by atoms with Gasteiger partial charge in [0.1, 0.15) is 5.54 Å². The molecule has 0 spiro atoms. The molecule has 1 fully saturated rings. The second kappa shape index (κ2) is 4.60. The summed E-state index contributed by atoms with van der Waals surface area (Å²) in [5.41, 5.74) is -2.18. The van der Waals surface area contributed by atoms with Crippen molar-refractivity contribution < 1.29 is 26.4 Å². The molecule has 0 aromatic carbocycles. The number of carbonyl (C=O) groups is 1. The van der Waals surface area contributed by atoms with Crippen LogP contribution in [0, 0.1) is 6.92 Å². The van der Waals surface area contributed by atoms with Gasteiger partial charge in [0.05, 0.1) is 9.77 Å². The highest BCUT2D eigenvalue weighted by Crippen LogP contribution is 2.49. The lowest BCUT2D eigenvalue weighted by Gasteiger charge is -2.20. The van der Waals surface area contributed by atoms with Crippen LogP contribution in [0.25, 0.3) is 0 Å². The lowest BCUT2D eigenvalue weighted by Crippen LogP contribution is -2.47. The topological polar surface area (TPSA) is 63.2 Å². The van der Waals surface area contributed by atoms with Crippen molar-refractivity contribution in [3.63, 3.8) is 0 Å². The lowest BCUT2D eigenvalue weighted by molar-refractivity contribution is -0.163. The predicted octanol–water partition coefficient (Wildman–Crippen LogP) is 2.81. The van der Waals surface area contributed by atoms with Gasteiger partial charge in [-0.15, -0.1) is 11.3 Å². The number of aryl methyl sites for hydroxylation is 1. The number of hydrogen-bond donors (Lipinski definition) is 1. The van der Waals surface area contributed by atoms with Gasteiger partial charge in [-0.25, -0.2) is 8.42 Å². The summed E-state index contributed by atoms with van der Waals surface area (Å²) < 4.78 is 60.6. The molecule has 10 heteroatoms. The SMILES string of the molecule is Cc1sc(C(=O)NC2(C(F)(F)F)CC2)cc1S(=O)(=O)Cl. The van der Waals surface area contributed by atoms with Crippen molar-refractivity contribution in [3.8, 4) is 0 Å². The van der Waals surface area contributed by atoms with Gasteiger partial charge in [-0.3, -0.25) is 4.79 Å². The Hall–Kier alpha value is -0.800. The first-order valence-electron chi connectivity index (χ1n) is 5.41. The zero-order valence-electron chi connectivity index (χ0n) is 10.0. The number of rotatable bonds is 3. The number of thiophene rings is 1. The minimum absolute atomic E-state index is 0.114. The molecule has 0 saturated heterocycles. The Labute approximate surface area is 121 Å². The maximum Gasteiger partial charge on any atom is 0.411 e. The fraction of sp³-hybridized carbons (Fsp3) is 0.500. The molecule has 20 heavy (non-hydrogen) atoms. The van der Waals surface area contributed by atoms with E-state index in [0.717, 1.165) is 17.4 Å². The molecule has 1 amide bonds. The van der Waals surface area contributed by atoms with Gasteiger partial charge in [-0.2, -0.15) is 13.2 Å². The molecule has 0 aliphatic heterocycles. The van der Waals surface area contributed by atoms with Crippen molar-refractivity contribution in [2.75, 3.05) is 0 Å². The fourth-order valence-electron chi connectivity index (χ4n) is 1.70. The van der Waals surface area contributed by atoms with Crippen LogP contribution < -0.4 is 5.32 Å². The number of nitrogens with one attached hydrogen (secondary N) is 1. The van der Waals surface area contributed by atoms with E-state index in [2.05, 4.69) is 0 Å². The molecule has 1 aromatic heterocycles. The number of alkyl halides is 3. The summed E-state index contributed by atoms with van der Waals surface area (Å²) in [5.74, 6) is -0.945. The maximum absolute atomic E-state index is 12.7. The second-order valence-corrected chi connectivity index (χ2v) is 8.29. The Balaban J connectivity index is 2.24. The van der Waals surface area contributed by atoms with E-state index in [9.17, 15) is 26.4 Å². The lowest BCUT2D eigenvalue weighted by atomic mass is 10.2. The molecule has 1 saturated carbocycles. The second-order valence-electron chi connectivity index (χ2n) is 4.50. The molecule has 1 aliphatic carbocycles. The molecule has 1 aromatic rings. The summed E-state index contributed by atoms with van der Waals surface area (Å²) in [5, 5.41) is 1.92. The van der Waals surface area contributed by atoms with Gasteiger partial charge in [0.2, 0.25) is 0 Å². The maximum atomic E-state index is 12.7. The summed E-state index contributed by atoms with van der Waals surface area (Å²) in [4.78, 5) is 11.7. The third-order valence-electron chi connectivity index (χ3n) is 3.00. The van der Waals surface area contributed by atoms with Crippen LogP contribution in [0.3, 0.4) is 0 Å². The van der Waals surface area contributed by atoms with Crippen molar-refractivity contribution >= 4 is 37.0 Å². The van der Waals surface area contributed by atoms with Crippen LogP contribution in [0.15, 0.2) is 11.0 Å². The average molecular weight is 348 g/mol. The average Bonchev–Trinajstić information content (AvgIpc) is 2.92. The molecular weight excluding hydrogens is 339 g/mol. The third kappa shape index (κ3) is 2.79. The van der Waals surface area contributed by atoms with Gasteiger partial charge >= 0.3 is 6.18 Å². The van der Waals surface area contributed by atoms with Gasteiger partial charge in [0, 0.05) is 15.6 Å². The highest BCUT2D eigenvalue weighted by atomic mass is 35.7. The van der Waals surface area contributed by atoms with Gasteiger partial charge < -0.3 is 5.32 Å². The summed E-state index contributed by atoms with van der Waals surface area (Å²) in [6.07, 6.45) is -4.86. The van der Waals surface area contributed by atoms with Gasteiger partial charge in [-0.1, -0.05) is 0 Å². The molecule has 0 bridgehead atoms. The molecule has 112 valence electrons. The normalized spacial score (nSPS) is 17.9. The number of carbonyl (C=O) groups excluding carboxylic acids is 1. The van der Waals surface area contributed by atoms with Crippen LogP contribution >= 0.6 is 22.0 Å². The number of amides is 1. The monoisotopic (exact) mass is 347 g/mol. The van der Waals surface area contributed by atoms with Crippen LogP contribution in [-0.4, -0.2) is 26.0 Å². The van der Waals surface area contributed by atoms with E-state index in [1.807, 2.05) is 5.32 Å². The Morgan fingerprint density at radius 3 is 2.35 bits per heavy atom. The molecule has 1 heterocycles. The molecule has 0 atom stereocenters. The molecule has 2 rings (SSSR count). The van der Waals surface area contributed by atoms with Crippen molar-refractivity contribution in [2.24, 2.45) is 0 Å². The van der Waals surface area contributed by atoms with Crippen LogP contribution in [0.4, 0.5) is 13.2 Å². The minimum Gasteiger partial charge on any atom is -0.337 e. The smallest absolute Gasteiger partial charge is 0.337 e. The molecule has 4 nitrogen and oxygen atoms in total. The Morgan fingerprint density at radius 2 is 2.00 bits per heavy atom. The first kappa shape index (κ1) is 15.6. The van der Waals surface area contributed by atoms with E-state index in [1.165, 1.54) is 6.92 Å². The van der Waals surface area contributed by atoms with E-state index in [1.54, 1.807) is 0 Å². The predicted molar refractivity (Wildman–Crippen MR) is 67.6 cm³/mol. The third-order valence-corrected chi connectivity index (χ3v) is 5.63. The zero-order valence-corrected chi connectivity index (χ0v) is 12.4. The standard InChI is InChI=1S/C10H9ClF3NO3S2/c1-5-7(20(11,17)18)4-6(19-5)8(16)15-9(2-3-9)10(12,13)14/h4H,2-3H2,1H3,(H,15,16). The number of hydrogen-bond acceptors (Lipinski definition) is 4. The summed E-state index contributed by atoms with van der Waals surface area (Å²) in [6.45, 7) is 1.42. The highest BCUT2D eigenvalue weighted by Gasteiger charge is 2.64. The zero-order chi connectivity index (χ0) is 15.3. The van der Waals surface area contributed by atoms with Crippen LogP contribution in [0.5, 0.6) is 0 Å². The fourth-order valence-corrected chi connectivity index (χ4v) is 4.26. The van der Waals surface area contributed by atoms with Crippen molar-refractivity contribution in [2.45, 2.75) is 36.4 Å². The van der Waals surface area contributed by atoms with Gasteiger partial charge in [0.25, 0.3) is 15.0 Å². The van der Waals surface area contributed by atoms with Crippen molar-refractivity contribution in [1.29, 1.82) is 0 Å². The highest BCUT2D eigenvalue weighted by molar-refractivity contribution is 8.13. The molecule has 1 aliphatic rings. The van der Waals surface area contributed by atoms with E-state index < -0.39 is 26.7 Å². The van der Waals surface area contributed by atoms with Gasteiger partial charge in [-0.05, 0) is 25.8 Å². The Kier molecular flexibility index (Phi) is 3.59. The van der Waals surface area contributed by atoms with E-state index in [0.29, 0.717) is 0 Å². The Bertz CT molecular complexity index is 662. The minimum atomic E-state index is -4.52. The summed E-state index contributed by atoms with van der Waals surface area (Å²) >= 11 is 0.785. The molecule has 1 N–H and O–H groups in total. The van der Waals surface area contributed by atoms with E-state index in [4.69, 9.17) is 10.7 Å². The first-order valence-corrected chi connectivity index (χ1v) is 8.53. The van der Waals surface area contributed by atoms with E-state index >= 15 is 0 Å². The van der Waals surface area contributed by atoms with Gasteiger partial charge in [0.15, 0.2) is 0 Å². The molecule has 0 unspecified atom stereocenters. The summed E-state index contributed by atoms with van der Waals surface area (Å²) in [7, 11) is 1.14.